The third kappa shape index (κ3) is 2.48. The molecule has 0 aromatic carbocycles. The van der Waals surface area contributed by atoms with Crippen LogP contribution < -0.4 is 5.32 Å². The molecular weight excluding hydrogens is 172 g/mol. The summed E-state index contributed by atoms with van der Waals surface area (Å²) in [6.45, 7) is 9.87. The minimum absolute atomic E-state index is 0.874. The topological polar surface area (TPSA) is 15.3 Å². The summed E-state index contributed by atoms with van der Waals surface area (Å²) in [7, 11) is 0. The van der Waals surface area contributed by atoms with Gasteiger partial charge in [0, 0.05) is 25.7 Å². The van der Waals surface area contributed by atoms with Gasteiger partial charge in [-0.05, 0) is 31.2 Å². The summed E-state index contributed by atoms with van der Waals surface area (Å²) in [5.74, 6) is 1.88. The van der Waals surface area contributed by atoms with Crippen LogP contribution in [0.15, 0.2) is 0 Å². The minimum atomic E-state index is 0.874. The van der Waals surface area contributed by atoms with Crippen LogP contribution in [0.2, 0.25) is 0 Å². The average molecular weight is 196 g/mol. The van der Waals surface area contributed by atoms with Gasteiger partial charge >= 0.3 is 0 Å². The van der Waals surface area contributed by atoms with Gasteiger partial charge in [0.25, 0.3) is 0 Å². The highest BCUT2D eigenvalue weighted by Crippen LogP contribution is 2.25. The maximum absolute atomic E-state index is 3.36. The summed E-state index contributed by atoms with van der Waals surface area (Å²) >= 11 is 0. The van der Waals surface area contributed by atoms with Crippen LogP contribution in [-0.4, -0.2) is 37.1 Å². The third-order valence-electron chi connectivity index (χ3n) is 3.75. The zero-order valence-corrected chi connectivity index (χ0v) is 9.63. The van der Waals surface area contributed by atoms with Gasteiger partial charge < -0.3 is 5.32 Å². The molecule has 1 unspecified atom stereocenters. The van der Waals surface area contributed by atoms with E-state index in [-0.39, 0.29) is 0 Å². The van der Waals surface area contributed by atoms with Crippen LogP contribution in [-0.2, 0) is 0 Å². The Kier molecular flexibility index (Phi) is 3.45. The molecule has 2 aliphatic heterocycles. The van der Waals surface area contributed by atoms with Gasteiger partial charge in [-0.2, -0.15) is 0 Å². The van der Waals surface area contributed by atoms with Crippen molar-refractivity contribution in [3.8, 4) is 0 Å². The molecular formula is C12H24N2. The Labute approximate surface area is 88.1 Å². The van der Waals surface area contributed by atoms with Crippen molar-refractivity contribution in [1.82, 2.24) is 10.2 Å². The van der Waals surface area contributed by atoms with Gasteiger partial charge in [-0.25, -0.2) is 0 Å². The van der Waals surface area contributed by atoms with Crippen molar-refractivity contribution < 1.29 is 0 Å². The molecule has 2 aliphatic rings. The van der Waals surface area contributed by atoms with Crippen LogP contribution in [0.3, 0.4) is 0 Å². The smallest absolute Gasteiger partial charge is 0.0345 e. The van der Waals surface area contributed by atoms with E-state index in [0.29, 0.717) is 0 Å². The van der Waals surface area contributed by atoms with Crippen molar-refractivity contribution in [3.63, 3.8) is 0 Å². The Hall–Kier alpha value is -0.0800. The highest BCUT2D eigenvalue weighted by atomic mass is 15.2. The molecule has 1 N–H and O–H groups in total. The maximum atomic E-state index is 3.36. The van der Waals surface area contributed by atoms with E-state index < -0.39 is 0 Å². The first-order valence-corrected chi connectivity index (χ1v) is 6.20. The average Bonchev–Trinajstić information content (AvgIpc) is 2.46. The number of nitrogens with one attached hydrogen (secondary N) is 1. The van der Waals surface area contributed by atoms with Crippen LogP contribution in [0.4, 0.5) is 0 Å². The molecule has 0 radical (unpaired) electrons. The van der Waals surface area contributed by atoms with Crippen molar-refractivity contribution in [1.29, 1.82) is 0 Å². The first-order valence-electron chi connectivity index (χ1n) is 6.20. The van der Waals surface area contributed by atoms with Crippen LogP contribution in [0.1, 0.15) is 33.1 Å². The molecule has 2 fully saturated rings. The lowest BCUT2D eigenvalue weighted by Crippen LogP contribution is -2.56. The molecule has 1 atom stereocenters. The molecule has 0 spiro atoms. The summed E-state index contributed by atoms with van der Waals surface area (Å²) in [4.78, 5) is 2.70. The van der Waals surface area contributed by atoms with Crippen molar-refractivity contribution in [2.45, 2.75) is 39.2 Å². The predicted octanol–water partition coefficient (Wildman–Crippen LogP) is 1.72. The van der Waals surface area contributed by atoms with E-state index in [2.05, 4.69) is 24.1 Å². The fourth-order valence-electron chi connectivity index (χ4n) is 2.53. The van der Waals surface area contributed by atoms with Crippen LogP contribution in [0.25, 0.3) is 0 Å². The second-order valence-corrected chi connectivity index (χ2v) is 5.43. The molecule has 0 aromatic rings. The summed E-state index contributed by atoms with van der Waals surface area (Å²) < 4.78 is 0. The second kappa shape index (κ2) is 4.63. The normalized spacial score (nSPS) is 29.8. The lowest BCUT2D eigenvalue weighted by molar-refractivity contribution is 0.172. The Morgan fingerprint density at radius 1 is 1.36 bits per heavy atom. The molecule has 14 heavy (non-hydrogen) atoms. The molecule has 2 nitrogen and oxygen atoms in total. The number of rotatable bonds is 4. The van der Waals surface area contributed by atoms with Gasteiger partial charge in [-0.15, -0.1) is 0 Å². The van der Waals surface area contributed by atoms with E-state index >= 15 is 0 Å². The molecule has 0 bridgehead atoms. The van der Waals surface area contributed by atoms with E-state index in [1.54, 1.807) is 0 Å². The third-order valence-corrected chi connectivity index (χ3v) is 3.75. The predicted molar refractivity (Wildman–Crippen MR) is 60.4 cm³/mol. The van der Waals surface area contributed by atoms with E-state index in [1.807, 2.05) is 0 Å². The van der Waals surface area contributed by atoms with E-state index in [1.165, 1.54) is 45.4 Å². The van der Waals surface area contributed by atoms with Crippen molar-refractivity contribution in [2.75, 3.05) is 26.2 Å². The van der Waals surface area contributed by atoms with Crippen LogP contribution in [0, 0.1) is 11.8 Å². The van der Waals surface area contributed by atoms with Gasteiger partial charge in [0.1, 0.15) is 0 Å². The number of hydrogen-bond acceptors (Lipinski definition) is 2. The van der Waals surface area contributed by atoms with Crippen molar-refractivity contribution >= 4 is 0 Å². The molecule has 0 aliphatic carbocycles. The molecule has 0 saturated carbocycles. The summed E-state index contributed by atoms with van der Waals surface area (Å²) in [5, 5.41) is 3.36. The van der Waals surface area contributed by atoms with Crippen LogP contribution >= 0.6 is 0 Å². The van der Waals surface area contributed by atoms with Gasteiger partial charge in [0.15, 0.2) is 0 Å². The lowest BCUT2D eigenvalue weighted by Gasteiger charge is -2.35. The largest absolute Gasteiger partial charge is 0.314 e. The Morgan fingerprint density at radius 3 is 2.71 bits per heavy atom. The Morgan fingerprint density at radius 2 is 2.14 bits per heavy atom. The van der Waals surface area contributed by atoms with Crippen molar-refractivity contribution in [3.05, 3.63) is 0 Å². The first-order chi connectivity index (χ1) is 6.75. The lowest BCUT2D eigenvalue weighted by atomic mass is 9.97. The van der Waals surface area contributed by atoms with Gasteiger partial charge in [0.2, 0.25) is 0 Å². The standard InChI is InChI=1S/C12H24N2/c1-10(2)3-4-11-5-6-14(9-11)12-7-13-8-12/h10-13H,3-9H2,1-2H3. The molecule has 2 saturated heterocycles. The highest BCUT2D eigenvalue weighted by molar-refractivity contribution is 4.89. The summed E-state index contributed by atoms with van der Waals surface area (Å²) in [6, 6.07) is 0.874. The molecule has 82 valence electrons. The fraction of sp³-hybridized carbons (Fsp3) is 1.00. The van der Waals surface area contributed by atoms with Gasteiger partial charge in [-0.3, -0.25) is 4.90 Å². The zero-order chi connectivity index (χ0) is 9.97. The second-order valence-electron chi connectivity index (χ2n) is 5.43. The van der Waals surface area contributed by atoms with Gasteiger partial charge in [-0.1, -0.05) is 20.3 Å². The molecule has 2 heteroatoms. The molecule has 2 rings (SSSR count). The molecule has 2 heterocycles. The number of hydrogen-bond donors (Lipinski definition) is 1. The quantitative estimate of drug-likeness (QED) is 0.736. The van der Waals surface area contributed by atoms with Crippen molar-refractivity contribution in [2.24, 2.45) is 11.8 Å². The number of nitrogens with zero attached hydrogens (tertiary/aromatic N) is 1. The summed E-state index contributed by atoms with van der Waals surface area (Å²) in [6.07, 6.45) is 4.32. The minimum Gasteiger partial charge on any atom is -0.314 e. The van der Waals surface area contributed by atoms with E-state index in [0.717, 1.165) is 17.9 Å². The first kappa shape index (κ1) is 10.4. The van der Waals surface area contributed by atoms with E-state index in [9.17, 15) is 0 Å². The summed E-state index contributed by atoms with van der Waals surface area (Å²) in [5.41, 5.74) is 0. The Bertz CT molecular complexity index is 175. The molecule has 0 amide bonds. The monoisotopic (exact) mass is 196 g/mol. The Balaban J connectivity index is 1.66. The SMILES string of the molecule is CC(C)CCC1CCN(C2CNC2)C1. The van der Waals surface area contributed by atoms with Gasteiger partial charge in [0.05, 0.1) is 0 Å². The highest BCUT2D eigenvalue weighted by Gasteiger charge is 2.30. The van der Waals surface area contributed by atoms with Crippen LogP contribution in [0.5, 0.6) is 0 Å². The molecule has 0 aromatic heterocycles. The maximum Gasteiger partial charge on any atom is 0.0345 e. The van der Waals surface area contributed by atoms with E-state index in [4.69, 9.17) is 0 Å². The zero-order valence-electron chi connectivity index (χ0n) is 9.63. The fourth-order valence-corrected chi connectivity index (χ4v) is 2.53. The number of likely N-dealkylation sites (tertiary alicyclic amines) is 1.